The van der Waals surface area contributed by atoms with Crippen LogP contribution in [0.5, 0.6) is 0 Å². The molecular weight excluding hydrogens is 252 g/mol. The van der Waals surface area contributed by atoms with Crippen molar-refractivity contribution in [3.63, 3.8) is 0 Å². The lowest BCUT2D eigenvalue weighted by molar-refractivity contribution is -0.123. The van der Waals surface area contributed by atoms with Gasteiger partial charge in [-0.15, -0.1) is 0 Å². The molecule has 1 aromatic rings. The minimum atomic E-state index is -0.328. The second-order valence-corrected chi connectivity index (χ2v) is 6.25. The van der Waals surface area contributed by atoms with Gasteiger partial charge in [0.15, 0.2) is 0 Å². The molecule has 20 heavy (non-hydrogen) atoms. The third kappa shape index (κ3) is 2.52. The third-order valence-electron chi connectivity index (χ3n) is 4.71. The molecule has 4 N–H and O–H groups in total. The van der Waals surface area contributed by atoms with Crippen LogP contribution in [0, 0.1) is 5.92 Å². The summed E-state index contributed by atoms with van der Waals surface area (Å²) in [5.41, 5.74) is 7.16. The number of rotatable bonds is 4. The van der Waals surface area contributed by atoms with Crippen molar-refractivity contribution in [2.24, 2.45) is 5.92 Å². The number of hydrogen-bond donors (Lipinski definition) is 3. The summed E-state index contributed by atoms with van der Waals surface area (Å²) in [7, 11) is 0. The zero-order valence-corrected chi connectivity index (χ0v) is 11.6. The van der Waals surface area contributed by atoms with Crippen LogP contribution in [-0.2, 0) is 10.2 Å². The van der Waals surface area contributed by atoms with E-state index < -0.39 is 0 Å². The lowest BCUT2D eigenvalue weighted by Gasteiger charge is -2.18. The van der Waals surface area contributed by atoms with Crippen molar-refractivity contribution in [1.82, 2.24) is 5.32 Å². The van der Waals surface area contributed by atoms with Gasteiger partial charge in [0.05, 0.1) is 11.5 Å². The average Bonchev–Trinajstić information content (AvgIpc) is 3.15. The lowest BCUT2D eigenvalue weighted by Crippen LogP contribution is -2.37. The van der Waals surface area contributed by atoms with Crippen molar-refractivity contribution in [2.45, 2.75) is 43.6 Å². The van der Waals surface area contributed by atoms with Gasteiger partial charge in [0, 0.05) is 12.2 Å². The quantitative estimate of drug-likeness (QED) is 0.730. The molecule has 0 heterocycles. The minimum absolute atomic E-state index is 0.128. The molecule has 1 amide bonds. The maximum atomic E-state index is 12.4. The van der Waals surface area contributed by atoms with Gasteiger partial charge in [0.2, 0.25) is 5.91 Å². The molecule has 4 heteroatoms. The van der Waals surface area contributed by atoms with E-state index in [9.17, 15) is 9.90 Å². The number of carbonyl (C=O) groups excluding carboxylic acids is 1. The molecule has 2 atom stereocenters. The number of anilines is 1. The van der Waals surface area contributed by atoms with Gasteiger partial charge in [-0.25, -0.2) is 0 Å². The van der Waals surface area contributed by atoms with Crippen LogP contribution in [0.3, 0.4) is 0 Å². The summed E-state index contributed by atoms with van der Waals surface area (Å²) in [5, 5.41) is 12.6. The minimum Gasteiger partial charge on any atom is -0.399 e. The Morgan fingerprint density at radius 2 is 2.00 bits per heavy atom. The van der Waals surface area contributed by atoms with E-state index >= 15 is 0 Å². The van der Waals surface area contributed by atoms with Crippen LogP contribution in [0.4, 0.5) is 5.69 Å². The molecular formula is C16H22N2O2. The summed E-state index contributed by atoms with van der Waals surface area (Å²) in [4.78, 5) is 12.4. The Kier molecular flexibility index (Phi) is 3.42. The molecule has 4 nitrogen and oxygen atoms in total. The monoisotopic (exact) mass is 274 g/mol. The summed E-state index contributed by atoms with van der Waals surface area (Å²) < 4.78 is 0. The van der Waals surface area contributed by atoms with Crippen LogP contribution in [0.2, 0.25) is 0 Å². The molecule has 2 aliphatic carbocycles. The molecule has 0 radical (unpaired) electrons. The number of amides is 1. The zero-order valence-electron chi connectivity index (χ0n) is 11.6. The highest BCUT2D eigenvalue weighted by Crippen LogP contribution is 2.48. The highest BCUT2D eigenvalue weighted by Gasteiger charge is 2.51. The van der Waals surface area contributed by atoms with E-state index in [0.29, 0.717) is 12.5 Å². The van der Waals surface area contributed by atoms with E-state index in [0.717, 1.165) is 43.4 Å². The van der Waals surface area contributed by atoms with Crippen molar-refractivity contribution in [3.8, 4) is 0 Å². The normalized spacial score (nSPS) is 27.2. The lowest BCUT2D eigenvalue weighted by atomic mass is 9.94. The number of nitrogens with two attached hydrogens (primary N) is 1. The first-order valence-corrected chi connectivity index (χ1v) is 7.42. The molecule has 0 saturated heterocycles. The SMILES string of the molecule is Nc1ccc(C2(C(=O)NCC3CCC(O)C3)CC2)cc1. The molecule has 2 saturated carbocycles. The van der Waals surface area contributed by atoms with Gasteiger partial charge < -0.3 is 16.2 Å². The van der Waals surface area contributed by atoms with Gasteiger partial charge in [-0.1, -0.05) is 12.1 Å². The molecule has 2 unspecified atom stereocenters. The number of carbonyl (C=O) groups is 1. The summed E-state index contributed by atoms with van der Waals surface area (Å²) in [5.74, 6) is 0.555. The number of benzene rings is 1. The highest BCUT2D eigenvalue weighted by molar-refractivity contribution is 5.91. The van der Waals surface area contributed by atoms with Gasteiger partial charge in [0.25, 0.3) is 0 Å². The fraction of sp³-hybridized carbons (Fsp3) is 0.562. The molecule has 0 aliphatic heterocycles. The predicted octanol–water partition coefficient (Wildman–Crippen LogP) is 1.58. The molecule has 3 rings (SSSR count). The number of nitrogens with one attached hydrogen (secondary N) is 1. The third-order valence-corrected chi connectivity index (χ3v) is 4.71. The van der Waals surface area contributed by atoms with Gasteiger partial charge in [-0.3, -0.25) is 4.79 Å². The first-order valence-electron chi connectivity index (χ1n) is 7.42. The summed E-state index contributed by atoms with van der Waals surface area (Å²) in [6, 6.07) is 7.63. The van der Waals surface area contributed by atoms with Crippen LogP contribution < -0.4 is 11.1 Å². The van der Waals surface area contributed by atoms with Gasteiger partial charge >= 0.3 is 0 Å². The largest absolute Gasteiger partial charge is 0.399 e. The van der Waals surface area contributed by atoms with E-state index in [1.165, 1.54) is 0 Å². The summed E-state index contributed by atoms with van der Waals surface area (Å²) >= 11 is 0. The molecule has 2 aliphatic rings. The van der Waals surface area contributed by atoms with Crippen LogP contribution in [-0.4, -0.2) is 23.7 Å². The molecule has 0 aromatic heterocycles. The smallest absolute Gasteiger partial charge is 0.230 e. The van der Waals surface area contributed by atoms with E-state index in [1.807, 2.05) is 24.3 Å². The zero-order chi connectivity index (χ0) is 14.2. The molecule has 0 spiro atoms. The number of aliphatic hydroxyl groups is 1. The van der Waals surface area contributed by atoms with Crippen LogP contribution in [0.25, 0.3) is 0 Å². The predicted molar refractivity (Wildman–Crippen MR) is 78.1 cm³/mol. The second kappa shape index (κ2) is 5.09. The summed E-state index contributed by atoms with van der Waals surface area (Å²) in [6.45, 7) is 0.687. The molecule has 1 aromatic carbocycles. The van der Waals surface area contributed by atoms with Crippen molar-refractivity contribution in [3.05, 3.63) is 29.8 Å². The fourth-order valence-electron chi connectivity index (χ4n) is 3.21. The standard InChI is InChI=1S/C16H22N2O2/c17-13-4-2-12(3-5-13)16(7-8-16)15(20)18-10-11-1-6-14(19)9-11/h2-5,11,14,19H,1,6-10,17H2,(H,18,20). The first-order chi connectivity index (χ1) is 9.60. The fourth-order valence-corrected chi connectivity index (χ4v) is 3.21. The maximum absolute atomic E-state index is 12.4. The van der Waals surface area contributed by atoms with Crippen molar-refractivity contribution < 1.29 is 9.90 Å². The summed E-state index contributed by atoms with van der Waals surface area (Å²) in [6.07, 6.45) is 4.34. The van der Waals surface area contributed by atoms with E-state index in [1.54, 1.807) is 0 Å². The van der Waals surface area contributed by atoms with Crippen LogP contribution in [0.1, 0.15) is 37.7 Å². The Bertz CT molecular complexity index is 494. The van der Waals surface area contributed by atoms with Gasteiger partial charge in [-0.2, -0.15) is 0 Å². The Morgan fingerprint density at radius 3 is 2.55 bits per heavy atom. The molecule has 0 bridgehead atoms. The van der Waals surface area contributed by atoms with E-state index in [2.05, 4.69) is 5.32 Å². The Labute approximate surface area is 119 Å². The Balaban J connectivity index is 1.60. The van der Waals surface area contributed by atoms with Crippen molar-refractivity contribution in [2.75, 3.05) is 12.3 Å². The maximum Gasteiger partial charge on any atom is 0.230 e. The van der Waals surface area contributed by atoms with Gasteiger partial charge in [-0.05, 0) is 55.7 Å². The Morgan fingerprint density at radius 1 is 1.30 bits per heavy atom. The van der Waals surface area contributed by atoms with Gasteiger partial charge in [0.1, 0.15) is 0 Å². The van der Waals surface area contributed by atoms with Crippen molar-refractivity contribution in [1.29, 1.82) is 0 Å². The second-order valence-electron chi connectivity index (χ2n) is 6.25. The number of aliphatic hydroxyl groups excluding tert-OH is 1. The van der Waals surface area contributed by atoms with E-state index in [4.69, 9.17) is 5.73 Å². The van der Waals surface area contributed by atoms with Crippen LogP contribution >= 0.6 is 0 Å². The number of nitrogen functional groups attached to an aromatic ring is 1. The highest BCUT2D eigenvalue weighted by atomic mass is 16.3. The van der Waals surface area contributed by atoms with Crippen LogP contribution in [0.15, 0.2) is 24.3 Å². The topological polar surface area (TPSA) is 75.4 Å². The molecule has 108 valence electrons. The first kappa shape index (κ1) is 13.4. The number of hydrogen-bond acceptors (Lipinski definition) is 3. The average molecular weight is 274 g/mol. The Hall–Kier alpha value is -1.55. The van der Waals surface area contributed by atoms with Crippen molar-refractivity contribution >= 4 is 11.6 Å². The van der Waals surface area contributed by atoms with E-state index in [-0.39, 0.29) is 17.4 Å². The molecule has 2 fully saturated rings.